The van der Waals surface area contributed by atoms with Gasteiger partial charge in [-0.3, -0.25) is 10.1 Å². The first-order valence-corrected chi connectivity index (χ1v) is 11.5. The summed E-state index contributed by atoms with van der Waals surface area (Å²) in [6.45, 7) is 8.84. The van der Waals surface area contributed by atoms with Gasteiger partial charge in [0.15, 0.2) is 0 Å². The first-order chi connectivity index (χ1) is 13.6. The summed E-state index contributed by atoms with van der Waals surface area (Å²) >= 11 is 1.83. The summed E-state index contributed by atoms with van der Waals surface area (Å²) in [5, 5.41) is 12.9. The fourth-order valence-corrected chi connectivity index (χ4v) is 4.09. The van der Waals surface area contributed by atoms with Crippen LogP contribution in [0, 0.1) is 0 Å². The third-order valence-electron chi connectivity index (χ3n) is 4.45. The van der Waals surface area contributed by atoms with Crippen molar-refractivity contribution in [2.75, 3.05) is 11.5 Å². The summed E-state index contributed by atoms with van der Waals surface area (Å²) in [5.74, 6) is 1.09. The molecule has 0 bridgehead atoms. The Balaban J connectivity index is 0.000000717. The molecule has 3 rings (SSSR count). The second kappa shape index (κ2) is 13.4. The first-order valence-electron chi connectivity index (χ1n) is 10.3. The van der Waals surface area contributed by atoms with Crippen LogP contribution < -0.4 is 5.32 Å². The third kappa shape index (κ3) is 7.33. The minimum absolute atomic E-state index is 0.589. The number of benzene rings is 2. The summed E-state index contributed by atoms with van der Waals surface area (Å²) in [6, 6.07) is 18.6. The van der Waals surface area contributed by atoms with Gasteiger partial charge in [-0.1, -0.05) is 88.7 Å². The number of carboxylic acid groups (broad SMARTS) is 1. The predicted octanol–water partition coefficient (Wildman–Crippen LogP) is 6.24. The van der Waals surface area contributed by atoms with Crippen LogP contribution in [0.1, 0.15) is 52.5 Å². The normalized spacial score (nSPS) is 14.7. The molecular formula is C24H35NO2S. The molecule has 1 saturated heterocycles. The summed E-state index contributed by atoms with van der Waals surface area (Å²) in [7, 11) is 0. The van der Waals surface area contributed by atoms with Crippen LogP contribution in [0.3, 0.4) is 0 Å². The van der Waals surface area contributed by atoms with E-state index in [2.05, 4.69) is 55.6 Å². The molecule has 0 saturated carbocycles. The zero-order valence-electron chi connectivity index (χ0n) is 17.7. The Kier molecular flexibility index (Phi) is 11.6. The molecule has 2 aromatic rings. The Morgan fingerprint density at radius 1 is 0.964 bits per heavy atom. The maximum absolute atomic E-state index is 11.7. The van der Waals surface area contributed by atoms with Crippen LogP contribution in [0.5, 0.6) is 0 Å². The smallest absolute Gasteiger partial charge is 0.323 e. The highest BCUT2D eigenvalue weighted by Crippen LogP contribution is 2.28. The van der Waals surface area contributed by atoms with Gasteiger partial charge in [0.05, 0.1) is 0 Å². The summed E-state index contributed by atoms with van der Waals surface area (Å²) < 4.78 is 0. The van der Waals surface area contributed by atoms with Gasteiger partial charge in [-0.15, -0.1) is 0 Å². The molecule has 2 aromatic carbocycles. The van der Waals surface area contributed by atoms with Crippen LogP contribution in [-0.4, -0.2) is 28.1 Å². The van der Waals surface area contributed by atoms with Crippen LogP contribution >= 0.6 is 11.8 Å². The first kappa shape index (κ1) is 24.3. The van der Waals surface area contributed by atoms with Crippen molar-refractivity contribution in [2.24, 2.45) is 0 Å². The van der Waals surface area contributed by atoms with Gasteiger partial charge in [-0.25, -0.2) is 0 Å². The van der Waals surface area contributed by atoms with E-state index in [1.165, 1.54) is 17.5 Å². The molecule has 1 heterocycles. The van der Waals surface area contributed by atoms with Crippen LogP contribution in [-0.2, 0) is 11.3 Å². The van der Waals surface area contributed by atoms with Crippen molar-refractivity contribution >= 4 is 17.7 Å². The largest absolute Gasteiger partial charge is 0.480 e. The quantitative estimate of drug-likeness (QED) is 0.623. The van der Waals surface area contributed by atoms with E-state index < -0.39 is 11.5 Å². The standard InChI is InChI=1S/C19H21NO2S.C3H8.C2H6/c21-18(22)19(10-12-23-13-11-19)20-14-15-6-8-17(9-7-15)16-4-2-1-3-5-16;1-3-2;1-2/h1-9,20H,10-14H2,(H,21,22);3H2,1-2H3;1-2H3. The molecule has 3 nitrogen and oxygen atoms in total. The molecule has 0 aromatic heterocycles. The lowest BCUT2D eigenvalue weighted by Gasteiger charge is -2.34. The molecule has 0 radical (unpaired) electrons. The molecule has 28 heavy (non-hydrogen) atoms. The van der Waals surface area contributed by atoms with Crippen LogP contribution in [0.15, 0.2) is 54.6 Å². The molecule has 1 aliphatic heterocycles. The van der Waals surface area contributed by atoms with Gasteiger partial charge in [0, 0.05) is 6.54 Å². The zero-order chi connectivity index (χ0) is 20.8. The zero-order valence-corrected chi connectivity index (χ0v) is 18.5. The van der Waals surface area contributed by atoms with Crippen LogP contribution in [0.25, 0.3) is 11.1 Å². The molecule has 1 aliphatic rings. The molecule has 0 aliphatic carbocycles. The molecule has 0 spiro atoms. The molecule has 2 N–H and O–H groups in total. The maximum Gasteiger partial charge on any atom is 0.323 e. The number of carbonyl (C=O) groups is 1. The molecular weight excluding hydrogens is 366 g/mol. The number of nitrogens with one attached hydrogen (secondary N) is 1. The lowest BCUT2D eigenvalue weighted by molar-refractivity contribution is -0.145. The second-order valence-corrected chi connectivity index (χ2v) is 7.85. The lowest BCUT2D eigenvalue weighted by Crippen LogP contribution is -2.53. The van der Waals surface area contributed by atoms with Crippen molar-refractivity contribution in [2.45, 2.75) is 59.0 Å². The average molecular weight is 402 g/mol. The number of rotatable bonds is 5. The number of thioether (sulfide) groups is 1. The minimum atomic E-state index is -0.761. The molecule has 154 valence electrons. The Morgan fingerprint density at radius 2 is 1.46 bits per heavy atom. The van der Waals surface area contributed by atoms with Gasteiger partial charge in [-0.2, -0.15) is 11.8 Å². The Hall–Kier alpha value is -1.78. The van der Waals surface area contributed by atoms with Gasteiger partial charge in [0.1, 0.15) is 5.54 Å². The number of hydrogen-bond donors (Lipinski definition) is 2. The Bertz CT molecular complexity index is 665. The highest BCUT2D eigenvalue weighted by Gasteiger charge is 2.39. The molecule has 0 atom stereocenters. The molecule has 4 heteroatoms. The Morgan fingerprint density at radius 3 is 1.96 bits per heavy atom. The van der Waals surface area contributed by atoms with Gasteiger partial charge >= 0.3 is 5.97 Å². The molecule has 0 amide bonds. The summed E-state index contributed by atoms with van der Waals surface area (Å²) in [5.41, 5.74) is 2.72. The van der Waals surface area contributed by atoms with Crippen LogP contribution in [0.2, 0.25) is 0 Å². The van der Waals surface area contributed by atoms with E-state index in [0.29, 0.717) is 19.4 Å². The van der Waals surface area contributed by atoms with E-state index in [1.54, 1.807) is 0 Å². The number of hydrogen-bond acceptors (Lipinski definition) is 3. The predicted molar refractivity (Wildman–Crippen MR) is 123 cm³/mol. The van der Waals surface area contributed by atoms with E-state index in [4.69, 9.17) is 0 Å². The summed E-state index contributed by atoms with van der Waals surface area (Å²) in [6.07, 6.45) is 2.63. The van der Waals surface area contributed by atoms with Crippen molar-refractivity contribution in [1.29, 1.82) is 0 Å². The monoisotopic (exact) mass is 401 g/mol. The topological polar surface area (TPSA) is 49.3 Å². The van der Waals surface area contributed by atoms with Gasteiger partial charge in [0.25, 0.3) is 0 Å². The fourth-order valence-electron chi connectivity index (χ4n) is 2.90. The van der Waals surface area contributed by atoms with E-state index in [0.717, 1.165) is 17.1 Å². The van der Waals surface area contributed by atoms with E-state index in [-0.39, 0.29) is 0 Å². The number of carboxylic acids is 1. The third-order valence-corrected chi connectivity index (χ3v) is 5.43. The molecule has 1 fully saturated rings. The van der Waals surface area contributed by atoms with Gasteiger partial charge in [-0.05, 0) is 41.0 Å². The van der Waals surface area contributed by atoms with Gasteiger partial charge < -0.3 is 5.11 Å². The van der Waals surface area contributed by atoms with E-state index >= 15 is 0 Å². The van der Waals surface area contributed by atoms with Crippen molar-refractivity contribution in [3.05, 3.63) is 60.2 Å². The van der Waals surface area contributed by atoms with E-state index in [1.807, 2.05) is 43.8 Å². The van der Waals surface area contributed by atoms with E-state index in [9.17, 15) is 9.90 Å². The van der Waals surface area contributed by atoms with Crippen molar-refractivity contribution in [3.63, 3.8) is 0 Å². The highest BCUT2D eigenvalue weighted by molar-refractivity contribution is 7.99. The Labute approximate surface area is 175 Å². The van der Waals surface area contributed by atoms with Crippen molar-refractivity contribution < 1.29 is 9.90 Å². The minimum Gasteiger partial charge on any atom is -0.480 e. The van der Waals surface area contributed by atoms with Crippen LogP contribution in [0.4, 0.5) is 0 Å². The fraction of sp³-hybridized carbons (Fsp3) is 0.458. The summed E-state index contributed by atoms with van der Waals surface area (Å²) in [4.78, 5) is 11.7. The lowest BCUT2D eigenvalue weighted by atomic mass is 9.92. The maximum atomic E-state index is 11.7. The van der Waals surface area contributed by atoms with Crippen molar-refractivity contribution in [1.82, 2.24) is 5.32 Å². The SMILES string of the molecule is CC.CCC.O=C(O)C1(NCc2ccc(-c3ccccc3)cc2)CCSCC1. The number of aliphatic carboxylic acids is 1. The van der Waals surface area contributed by atoms with Crippen molar-refractivity contribution in [3.8, 4) is 11.1 Å². The molecule has 0 unspecified atom stereocenters. The average Bonchev–Trinajstić information content (AvgIpc) is 2.76. The van der Waals surface area contributed by atoms with Gasteiger partial charge in [0.2, 0.25) is 0 Å². The highest BCUT2D eigenvalue weighted by atomic mass is 32.2. The second-order valence-electron chi connectivity index (χ2n) is 6.62.